The lowest BCUT2D eigenvalue weighted by atomic mass is 9.99. The summed E-state index contributed by atoms with van der Waals surface area (Å²) in [6.07, 6.45) is 0.642. The minimum atomic E-state index is 0.312. The van der Waals surface area contributed by atoms with Gasteiger partial charge in [-0.3, -0.25) is 0 Å². The number of phenols is 1. The van der Waals surface area contributed by atoms with E-state index in [2.05, 4.69) is 18.7 Å². The number of aromatic hydroxyl groups is 1. The Morgan fingerprint density at radius 2 is 2.14 bits per heavy atom. The molecule has 0 atom stereocenters. The second-order valence-electron chi connectivity index (χ2n) is 3.66. The minimum absolute atomic E-state index is 0.312. The van der Waals surface area contributed by atoms with E-state index in [-0.39, 0.29) is 0 Å². The van der Waals surface area contributed by atoms with Crippen LogP contribution in [0, 0.1) is 0 Å². The highest BCUT2D eigenvalue weighted by Gasteiger charge is 2.05. The number of rotatable bonds is 4. The van der Waals surface area contributed by atoms with Gasteiger partial charge in [-0.15, -0.1) is 0 Å². The van der Waals surface area contributed by atoms with Crippen LogP contribution in [0.3, 0.4) is 0 Å². The Hall–Kier alpha value is -1.06. The molecule has 0 aliphatic rings. The summed E-state index contributed by atoms with van der Waals surface area (Å²) in [6, 6.07) is 5.66. The molecule has 1 aromatic rings. The minimum Gasteiger partial charge on any atom is -0.508 e. The maximum absolute atomic E-state index is 9.55. The first-order valence-electron chi connectivity index (χ1n) is 4.78. The van der Waals surface area contributed by atoms with E-state index >= 15 is 0 Å². The lowest BCUT2D eigenvalue weighted by Gasteiger charge is -2.09. The van der Waals surface area contributed by atoms with Crippen LogP contribution in [-0.4, -0.2) is 11.7 Å². The lowest BCUT2D eigenvalue weighted by molar-refractivity contribution is 0.140. The van der Waals surface area contributed by atoms with Gasteiger partial charge in [0.25, 0.3) is 0 Å². The van der Waals surface area contributed by atoms with Gasteiger partial charge in [-0.1, -0.05) is 26.0 Å². The van der Waals surface area contributed by atoms with Crippen molar-refractivity contribution >= 4 is 0 Å². The molecule has 3 N–H and O–H groups in total. The van der Waals surface area contributed by atoms with Crippen LogP contribution in [0.4, 0.5) is 0 Å². The Kier molecular flexibility index (Phi) is 3.92. The predicted octanol–water partition coefficient (Wildman–Crippen LogP) is 1.95. The molecule has 0 amide bonds. The topological polar surface area (TPSA) is 55.5 Å². The number of nitrogens with two attached hydrogens (primary N) is 1. The summed E-state index contributed by atoms with van der Waals surface area (Å²) >= 11 is 0. The largest absolute Gasteiger partial charge is 0.508 e. The van der Waals surface area contributed by atoms with Gasteiger partial charge >= 0.3 is 0 Å². The maximum Gasteiger partial charge on any atom is 0.118 e. The van der Waals surface area contributed by atoms with E-state index in [9.17, 15) is 5.11 Å². The highest BCUT2D eigenvalue weighted by Crippen LogP contribution is 2.23. The number of hydrogen-bond acceptors (Lipinski definition) is 3. The fourth-order valence-corrected chi connectivity index (χ4v) is 1.33. The van der Waals surface area contributed by atoms with E-state index in [1.807, 2.05) is 12.1 Å². The first-order valence-corrected chi connectivity index (χ1v) is 4.78. The van der Waals surface area contributed by atoms with Crippen molar-refractivity contribution in [2.75, 3.05) is 6.61 Å². The van der Waals surface area contributed by atoms with Crippen LogP contribution in [0.15, 0.2) is 18.2 Å². The highest BCUT2D eigenvalue weighted by molar-refractivity contribution is 5.37. The van der Waals surface area contributed by atoms with Gasteiger partial charge in [0.15, 0.2) is 0 Å². The number of phenolic OH excluding ortho intramolecular Hbond substituents is 1. The quantitative estimate of drug-likeness (QED) is 0.722. The molecule has 78 valence electrons. The Labute approximate surface area is 84.5 Å². The van der Waals surface area contributed by atoms with E-state index in [4.69, 9.17) is 5.90 Å². The zero-order chi connectivity index (χ0) is 10.6. The van der Waals surface area contributed by atoms with Crippen LogP contribution in [-0.2, 0) is 11.3 Å². The van der Waals surface area contributed by atoms with Crippen LogP contribution >= 0.6 is 0 Å². The summed E-state index contributed by atoms with van der Waals surface area (Å²) in [5, 5.41) is 9.55. The molecule has 0 aliphatic heterocycles. The van der Waals surface area contributed by atoms with Gasteiger partial charge < -0.3 is 9.94 Å². The Morgan fingerprint density at radius 3 is 2.71 bits per heavy atom. The molecule has 1 rings (SSSR count). The van der Waals surface area contributed by atoms with Crippen molar-refractivity contribution in [3.05, 3.63) is 29.3 Å². The van der Waals surface area contributed by atoms with Gasteiger partial charge in [0.2, 0.25) is 0 Å². The molecule has 0 aliphatic carbocycles. The molecular weight excluding hydrogens is 178 g/mol. The SMILES string of the molecule is CC(C)c1ccc(O)c(CCON)c1. The van der Waals surface area contributed by atoms with E-state index < -0.39 is 0 Å². The predicted molar refractivity (Wildman–Crippen MR) is 56.0 cm³/mol. The van der Waals surface area contributed by atoms with Crippen molar-refractivity contribution < 1.29 is 9.94 Å². The standard InChI is InChI=1S/C11H17NO2/c1-8(2)9-3-4-11(13)10(7-9)5-6-14-12/h3-4,7-8,13H,5-6,12H2,1-2H3. The second kappa shape index (κ2) is 4.98. The fourth-order valence-electron chi connectivity index (χ4n) is 1.33. The van der Waals surface area contributed by atoms with Crippen LogP contribution in [0.25, 0.3) is 0 Å². The molecule has 0 fully saturated rings. The molecule has 0 bridgehead atoms. The summed E-state index contributed by atoms with van der Waals surface area (Å²) in [6.45, 7) is 4.67. The van der Waals surface area contributed by atoms with Crippen molar-refractivity contribution in [3.8, 4) is 5.75 Å². The molecule has 0 saturated heterocycles. The zero-order valence-electron chi connectivity index (χ0n) is 8.66. The fraction of sp³-hybridized carbons (Fsp3) is 0.455. The molecule has 0 radical (unpaired) electrons. The molecule has 3 nitrogen and oxygen atoms in total. The monoisotopic (exact) mass is 195 g/mol. The van der Waals surface area contributed by atoms with Gasteiger partial charge in [-0.05, 0) is 23.1 Å². The Morgan fingerprint density at radius 1 is 1.43 bits per heavy atom. The van der Waals surface area contributed by atoms with Gasteiger partial charge in [0, 0.05) is 6.42 Å². The first kappa shape index (κ1) is 11.0. The van der Waals surface area contributed by atoms with Crippen molar-refractivity contribution in [1.29, 1.82) is 0 Å². The molecule has 0 aromatic heterocycles. The molecule has 3 heteroatoms. The summed E-state index contributed by atoms with van der Waals surface area (Å²) in [7, 11) is 0. The van der Waals surface area contributed by atoms with E-state index in [0.717, 1.165) is 5.56 Å². The third kappa shape index (κ3) is 2.72. The molecule has 14 heavy (non-hydrogen) atoms. The van der Waals surface area contributed by atoms with Crippen molar-refractivity contribution in [2.45, 2.75) is 26.2 Å². The van der Waals surface area contributed by atoms with E-state index in [0.29, 0.717) is 24.7 Å². The summed E-state index contributed by atoms with van der Waals surface area (Å²) < 4.78 is 0. The summed E-state index contributed by atoms with van der Waals surface area (Å²) in [5.41, 5.74) is 2.11. The van der Waals surface area contributed by atoms with Crippen LogP contribution in [0.5, 0.6) is 5.75 Å². The lowest BCUT2D eigenvalue weighted by Crippen LogP contribution is -2.04. The number of hydrogen-bond donors (Lipinski definition) is 2. The first-order chi connectivity index (χ1) is 6.65. The van der Waals surface area contributed by atoms with Gasteiger partial charge in [0.1, 0.15) is 5.75 Å². The number of benzene rings is 1. The highest BCUT2D eigenvalue weighted by atomic mass is 16.6. The average molecular weight is 195 g/mol. The summed E-state index contributed by atoms with van der Waals surface area (Å²) in [5.74, 6) is 5.72. The van der Waals surface area contributed by atoms with Gasteiger partial charge in [-0.2, -0.15) is 0 Å². The molecule has 0 spiro atoms. The molecule has 0 heterocycles. The Bertz CT molecular complexity index is 297. The zero-order valence-corrected chi connectivity index (χ0v) is 8.66. The molecule has 1 aromatic carbocycles. The van der Waals surface area contributed by atoms with Gasteiger partial charge in [-0.25, -0.2) is 5.90 Å². The second-order valence-corrected chi connectivity index (χ2v) is 3.66. The summed E-state index contributed by atoms with van der Waals surface area (Å²) in [4.78, 5) is 4.49. The van der Waals surface area contributed by atoms with Crippen molar-refractivity contribution in [3.63, 3.8) is 0 Å². The van der Waals surface area contributed by atoms with Crippen LogP contribution in [0.1, 0.15) is 30.9 Å². The normalized spacial score (nSPS) is 10.9. The maximum atomic E-state index is 9.55. The smallest absolute Gasteiger partial charge is 0.118 e. The van der Waals surface area contributed by atoms with E-state index in [1.165, 1.54) is 5.56 Å². The third-order valence-electron chi connectivity index (χ3n) is 2.26. The van der Waals surface area contributed by atoms with Crippen LogP contribution in [0.2, 0.25) is 0 Å². The van der Waals surface area contributed by atoms with Crippen molar-refractivity contribution in [1.82, 2.24) is 0 Å². The van der Waals surface area contributed by atoms with Gasteiger partial charge in [0.05, 0.1) is 6.61 Å². The average Bonchev–Trinajstić information content (AvgIpc) is 2.16. The van der Waals surface area contributed by atoms with Crippen molar-refractivity contribution in [2.24, 2.45) is 5.90 Å². The van der Waals surface area contributed by atoms with E-state index in [1.54, 1.807) is 6.07 Å². The molecular formula is C11H17NO2. The molecule has 0 saturated carbocycles. The molecule has 0 unspecified atom stereocenters. The third-order valence-corrected chi connectivity index (χ3v) is 2.26. The Balaban J connectivity index is 2.85. The van der Waals surface area contributed by atoms with Crippen LogP contribution < -0.4 is 5.90 Å².